The van der Waals surface area contributed by atoms with Crippen LogP contribution in [0.5, 0.6) is 0 Å². The summed E-state index contributed by atoms with van der Waals surface area (Å²) in [6, 6.07) is 0. The molecule has 0 aliphatic heterocycles. The van der Waals surface area contributed by atoms with Crippen molar-refractivity contribution in [1.82, 2.24) is 4.98 Å². The van der Waals surface area contributed by atoms with Gasteiger partial charge in [-0.2, -0.15) is 0 Å². The van der Waals surface area contributed by atoms with Gasteiger partial charge in [0.1, 0.15) is 0 Å². The monoisotopic (exact) mass is 198 g/mol. The molecule has 2 N–H and O–H groups in total. The molecule has 1 aromatic heterocycles. The Hall–Kier alpha value is -1.69. The van der Waals surface area contributed by atoms with Gasteiger partial charge in [-0.1, -0.05) is 0 Å². The largest absolute Gasteiger partial charge is 0.478 e. The maximum Gasteiger partial charge on any atom is 0.328 e. The number of anilines is 1. The minimum Gasteiger partial charge on any atom is -0.478 e. The molecule has 1 rings (SSSR count). The maximum atomic E-state index is 10.1. The van der Waals surface area contributed by atoms with E-state index in [9.17, 15) is 9.59 Å². The first-order valence-corrected chi connectivity index (χ1v) is 4.17. The molecule has 68 valence electrons. The molecule has 0 aliphatic rings. The molecule has 0 bridgehead atoms. The number of nitrogens with zero attached hydrogens (tertiary/aromatic N) is 1. The highest BCUT2D eigenvalue weighted by Gasteiger charge is 1.97. The summed E-state index contributed by atoms with van der Waals surface area (Å²) in [4.78, 5) is 24.0. The van der Waals surface area contributed by atoms with Gasteiger partial charge in [0.05, 0.1) is 5.69 Å². The molecule has 1 heterocycles. The molecule has 0 spiro atoms. The molecule has 0 aromatic carbocycles. The lowest BCUT2D eigenvalue weighted by atomic mass is 10.4. The molecular formula is C7H6N2O3S. The molecule has 0 radical (unpaired) electrons. The van der Waals surface area contributed by atoms with Crippen molar-refractivity contribution in [2.24, 2.45) is 0 Å². The smallest absolute Gasteiger partial charge is 0.328 e. The fourth-order valence-corrected chi connectivity index (χ4v) is 1.27. The van der Waals surface area contributed by atoms with Gasteiger partial charge in [0.15, 0.2) is 5.13 Å². The summed E-state index contributed by atoms with van der Waals surface area (Å²) >= 11 is 1.23. The van der Waals surface area contributed by atoms with E-state index in [2.05, 4.69) is 10.3 Å². The number of nitrogens with one attached hydrogen (secondary N) is 1. The Morgan fingerprint density at radius 1 is 1.69 bits per heavy atom. The van der Waals surface area contributed by atoms with Gasteiger partial charge in [0, 0.05) is 11.5 Å². The minimum atomic E-state index is -1.03. The predicted octanol–water partition coefficient (Wildman–Crippen LogP) is 0.809. The lowest BCUT2D eigenvalue weighted by Gasteiger charge is -1.85. The molecule has 0 aliphatic carbocycles. The average Bonchev–Trinajstić information content (AvgIpc) is 2.50. The molecule has 0 saturated heterocycles. The summed E-state index contributed by atoms with van der Waals surface area (Å²) in [7, 11) is 0. The lowest BCUT2D eigenvalue weighted by molar-refractivity contribution is -0.131. The van der Waals surface area contributed by atoms with Crippen molar-refractivity contribution < 1.29 is 14.7 Å². The Kier molecular flexibility index (Phi) is 3.15. The summed E-state index contributed by atoms with van der Waals surface area (Å²) in [6.07, 6.45) is 2.86. The van der Waals surface area contributed by atoms with Crippen molar-refractivity contribution in [1.29, 1.82) is 0 Å². The number of carbonyl (C=O) groups is 2. The Bertz CT molecular complexity index is 345. The third kappa shape index (κ3) is 3.04. The number of carbonyl (C=O) groups excluding carboxylic acids is 1. The van der Waals surface area contributed by atoms with Gasteiger partial charge in [-0.25, -0.2) is 9.78 Å². The molecular weight excluding hydrogens is 192 g/mol. The van der Waals surface area contributed by atoms with Crippen LogP contribution in [0.25, 0.3) is 6.08 Å². The van der Waals surface area contributed by atoms with Gasteiger partial charge in [0.25, 0.3) is 0 Å². The van der Waals surface area contributed by atoms with Gasteiger partial charge in [-0.15, -0.1) is 11.3 Å². The van der Waals surface area contributed by atoms with Crippen LogP contribution in [-0.4, -0.2) is 22.5 Å². The van der Waals surface area contributed by atoms with Crippen LogP contribution in [0.3, 0.4) is 0 Å². The first-order chi connectivity index (χ1) is 6.22. The SMILES string of the molecule is O=CNc1nc(/C=C/C(=O)O)cs1. The van der Waals surface area contributed by atoms with Gasteiger partial charge in [-0.05, 0) is 6.08 Å². The van der Waals surface area contributed by atoms with E-state index in [4.69, 9.17) is 5.11 Å². The van der Waals surface area contributed by atoms with E-state index in [0.717, 1.165) is 6.08 Å². The van der Waals surface area contributed by atoms with Crippen LogP contribution < -0.4 is 5.32 Å². The first-order valence-electron chi connectivity index (χ1n) is 3.29. The normalized spacial score (nSPS) is 10.2. The minimum absolute atomic E-state index is 0.444. The fraction of sp³-hybridized carbons (Fsp3) is 0. The van der Waals surface area contributed by atoms with E-state index in [1.54, 1.807) is 5.38 Å². The number of hydrogen-bond acceptors (Lipinski definition) is 4. The van der Waals surface area contributed by atoms with Crippen molar-refractivity contribution in [2.45, 2.75) is 0 Å². The van der Waals surface area contributed by atoms with E-state index in [1.165, 1.54) is 17.4 Å². The Morgan fingerprint density at radius 2 is 2.46 bits per heavy atom. The van der Waals surface area contributed by atoms with Crippen LogP contribution in [-0.2, 0) is 9.59 Å². The molecule has 1 amide bonds. The van der Waals surface area contributed by atoms with E-state index < -0.39 is 5.97 Å². The van der Waals surface area contributed by atoms with Gasteiger partial charge < -0.3 is 10.4 Å². The quantitative estimate of drug-likeness (QED) is 0.554. The highest BCUT2D eigenvalue weighted by molar-refractivity contribution is 7.14. The topological polar surface area (TPSA) is 79.3 Å². The average molecular weight is 198 g/mol. The number of aliphatic carboxylic acids is 1. The molecule has 0 atom stereocenters. The number of carboxylic acid groups (broad SMARTS) is 1. The zero-order valence-corrected chi connectivity index (χ0v) is 7.25. The highest BCUT2D eigenvalue weighted by Crippen LogP contribution is 2.15. The summed E-state index contributed by atoms with van der Waals surface area (Å²) in [5.74, 6) is -1.03. The number of amides is 1. The second-order valence-electron chi connectivity index (χ2n) is 2.01. The van der Waals surface area contributed by atoms with Crippen LogP contribution in [0.2, 0.25) is 0 Å². The second kappa shape index (κ2) is 4.36. The summed E-state index contributed by atoms with van der Waals surface area (Å²) in [5.41, 5.74) is 0.511. The van der Waals surface area contributed by atoms with Crippen molar-refractivity contribution in [3.8, 4) is 0 Å². The van der Waals surface area contributed by atoms with E-state index in [1.807, 2.05) is 0 Å². The predicted molar refractivity (Wildman–Crippen MR) is 48.5 cm³/mol. The van der Waals surface area contributed by atoms with E-state index in [-0.39, 0.29) is 0 Å². The number of aromatic nitrogens is 1. The zero-order valence-electron chi connectivity index (χ0n) is 6.43. The molecule has 0 saturated carbocycles. The van der Waals surface area contributed by atoms with Crippen molar-refractivity contribution >= 4 is 34.9 Å². The van der Waals surface area contributed by atoms with Crippen LogP contribution in [0.1, 0.15) is 5.69 Å². The number of hydrogen-bond donors (Lipinski definition) is 2. The molecule has 6 heteroatoms. The van der Waals surface area contributed by atoms with Crippen LogP contribution in [0.15, 0.2) is 11.5 Å². The number of rotatable bonds is 4. The highest BCUT2D eigenvalue weighted by atomic mass is 32.1. The first kappa shape index (κ1) is 9.40. The molecule has 1 aromatic rings. The maximum absolute atomic E-state index is 10.1. The zero-order chi connectivity index (χ0) is 9.68. The summed E-state index contributed by atoms with van der Waals surface area (Å²) in [5, 5.41) is 12.8. The van der Waals surface area contributed by atoms with Crippen LogP contribution >= 0.6 is 11.3 Å². The van der Waals surface area contributed by atoms with Crippen molar-refractivity contribution in [3.05, 3.63) is 17.2 Å². The lowest BCUT2D eigenvalue weighted by Crippen LogP contribution is -1.92. The van der Waals surface area contributed by atoms with Gasteiger partial charge in [-0.3, -0.25) is 4.79 Å². The third-order valence-corrected chi connectivity index (χ3v) is 1.89. The van der Waals surface area contributed by atoms with Gasteiger partial charge >= 0.3 is 5.97 Å². The van der Waals surface area contributed by atoms with Gasteiger partial charge in [0.2, 0.25) is 6.41 Å². The number of thiazole rings is 1. The standard InChI is InChI=1S/C7H6N2O3S/c10-4-8-7-9-5(3-13-7)1-2-6(11)12/h1-4H,(H,11,12)(H,8,9,10)/b2-1+. The Balaban J connectivity index is 2.68. The van der Waals surface area contributed by atoms with E-state index in [0.29, 0.717) is 17.2 Å². The Labute approximate surface area is 77.7 Å². The summed E-state index contributed by atoms with van der Waals surface area (Å²) in [6.45, 7) is 0. The molecule has 5 nitrogen and oxygen atoms in total. The third-order valence-electron chi connectivity index (χ3n) is 1.10. The molecule has 13 heavy (non-hydrogen) atoms. The van der Waals surface area contributed by atoms with Crippen LogP contribution in [0, 0.1) is 0 Å². The van der Waals surface area contributed by atoms with Crippen molar-refractivity contribution in [3.63, 3.8) is 0 Å². The molecule has 0 fully saturated rings. The fourth-order valence-electron chi connectivity index (χ4n) is 0.636. The van der Waals surface area contributed by atoms with Crippen LogP contribution in [0.4, 0.5) is 5.13 Å². The molecule has 0 unspecified atom stereocenters. The Morgan fingerprint density at radius 3 is 3.08 bits per heavy atom. The van der Waals surface area contributed by atoms with Crippen molar-refractivity contribution in [2.75, 3.05) is 5.32 Å². The number of carboxylic acids is 1. The second-order valence-corrected chi connectivity index (χ2v) is 2.87. The summed E-state index contributed by atoms with van der Waals surface area (Å²) < 4.78 is 0. The van der Waals surface area contributed by atoms with E-state index >= 15 is 0 Å².